The monoisotopic (exact) mass is 972 g/mol. The van der Waals surface area contributed by atoms with Gasteiger partial charge in [-0.3, -0.25) is 18.6 Å². The minimum Gasteiger partial charge on any atom is -0.456 e. The van der Waals surface area contributed by atoms with E-state index >= 15 is 0 Å². The van der Waals surface area contributed by atoms with Crippen molar-refractivity contribution in [3.05, 3.63) is 85.1 Å². The molecule has 0 rings (SSSR count). The second kappa shape index (κ2) is 47.8. The van der Waals surface area contributed by atoms with Crippen molar-refractivity contribution in [1.29, 1.82) is 0 Å². The topological polar surface area (TPSA) is 111 Å². The number of likely N-dealkylation sites (N-methyl/N-ethyl adjacent to an activating group) is 1. The highest BCUT2D eigenvalue weighted by Gasteiger charge is 2.30. The first kappa shape index (κ1) is 65.2. The Bertz CT molecular complexity index is 1440. The molecule has 9 nitrogen and oxygen atoms in total. The SMILES string of the molecule is CC/C=C/C/C=C/C/C=C/C/C=C/CCCCCC(=O)NC(COP(=O)(O)OCC[N+](C)(C)C)C(/C=C/CCCCCCCCCCCCC)OC(=O)CC/C=C/C/C=C\CCCCCCCC. The minimum atomic E-state index is -4.46. The van der Waals surface area contributed by atoms with Gasteiger partial charge in [0.15, 0.2) is 0 Å². The van der Waals surface area contributed by atoms with Crippen LogP contribution >= 0.6 is 7.82 Å². The van der Waals surface area contributed by atoms with E-state index in [1.165, 1.54) is 96.3 Å². The molecule has 0 saturated carbocycles. The number of ether oxygens (including phenoxy) is 1. The Balaban J connectivity index is 5.55. The van der Waals surface area contributed by atoms with E-state index in [0.717, 1.165) is 77.0 Å². The third-order valence-electron chi connectivity index (χ3n) is 11.6. The average molecular weight is 972 g/mol. The van der Waals surface area contributed by atoms with Crippen LogP contribution in [-0.4, -0.2) is 74.3 Å². The molecule has 3 unspecified atom stereocenters. The molecule has 0 heterocycles. The maximum absolute atomic E-state index is 13.5. The second-order valence-corrected chi connectivity index (χ2v) is 20.8. The summed E-state index contributed by atoms with van der Waals surface area (Å²) in [6.07, 6.45) is 61.7. The molecule has 68 heavy (non-hydrogen) atoms. The van der Waals surface area contributed by atoms with Gasteiger partial charge in [0.2, 0.25) is 5.91 Å². The lowest BCUT2D eigenvalue weighted by Crippen LogP contribution is -2.47. The summed E-state index contributed by atoms with van der Waals surface area (Å²) < 4.78 is 30.5. The number of hydrogen-bond acceptors (Lipinski definition) is 6. The Kier molecular flexibility index (Phi) is 45.9. The highest BCUT2D eigenvalue weighted by atomic mass is 31.2. The van der Waals surface area contributed by atoms with Crippen molar-refractivity contribution in [2.24, 2.45) is 0 Å². The van der Waals surface area contributed by atoms with Gasteiger partial charge in [-0.05, 0) is 89.5 Å². The van der Waals surface area contributed by atoms with Crippen LogP contribution in [0.4, 0.5) is 0 Å². The number of carbonyl (C=O) groups excluding carboxylic acids is 2. The van der Waals surface area contributed by atoms with Crippen molar-refractivity contribution < 1.29 is 37.3 Å². The average Bonchev–Trinajstić information content (AvgIpc) is 3.29. The van der Waals surface area contributed by atoms with Crippen molar-refractivity contribution in [2.75, 3.05) is 40.9 Å². The third-order valence-corrected chi connectivity index (χ3v) is 12.6. The zero-order chi connectivity index (χ0) is 50.1. The molecule has 0 aromatic rings. The number of allylic oxidation sites excluding steroid dienone is 13. The van der Waals surface area contributed by atoms with Crippen LogP contribution in [0.5, 0.6) is 0 Å². The Labute approximate surface area is 418 Å². The van der Waals surface area contributed by atoms with Gasteiger partial charge in [-0.2, -0.15) is 0 Å². The lowest BCUT2D eigenvalue weighted by molar-refractivity contribution is -0.870. The number of phosphoric ester groups is 1. The predicted octanol–water partition coefficient (Wildman–Crippen LogP) is 16.3. The van der Waals surface area contributed by atoms with E-state index in [0.29, 0.717) is 23.9 Å². The van der Waals surface area contributed by atoms with Crippen molar-refractivity contribution in [2.45, 2.75) is 232 Å². The molecule has 3 atom stereocenters. The summed E-state index contributed by atoms with van der Waals surface area (Å²) in [5.74, 6) is -0.625. The van der Waals surface area contributed by atoms with E-state index in [2.05, 4.69) is 92.9 Å². The number of hydrogen-bond donors (Lipinski definition) is 2. The molecule has 0 saturated heterocycles. The summed E-state index contributed by atoms with van der Waals surface area (Å²) >= 11 is 0. The molecule has 0 aliphatic heterocycles. The Morgan fingerprint density at radius 2 is 0.956 bits per heavy atom. The summed E-state index contributed by atoms with van der Waals surface area (Å²) in [5.41, 5.74) is 0. The predicted molar refractivity (Wildman–Crippen MR) is 291 cm³/mol. The largest absolute Gasteiger partial charge is 0.472 e. The van der Waals surface area contributed by atoms with Gasteiger partial charge >= 0.3 is 13.8 Å². The maximum atomic E-state index is 13.5. The standard InChI is InChI=1S/C58H103N2O7P/c1-7-10-13-16-19-22-25-28-29-30-33-35-38-41-44-47-50-57(61)59-55(54-66-68(63,64)65-53-52-60(4,5)6)56(49-46-43-40-37-34-31-26-23-20-17-14-11-8-2)67-58(62)51-48-45-42-39-36-32-27-24-21-18-15-12-9-3/h10,13,19,22,28-29,32-33,35-36,42,45-46,49,55-56H,7-9,11-12,14-18,20-21,23-27,30-31,34,37-41,43-44,47-48,50-54H2,1-6H3,(H-,59,61,63,64)/p+1/b13-10+,22-19+,29-28+,35-33+,36-32-,45-42+,49-46+. The fourth-order valence-electron chi connectivity index (χ4n) is 7.33. The number of esters is 1. The van der Waals surface area contributed by atoms with Crippen LogP contribution in [0, 0.1) is 0 Å². The van der Waals surface area contributed by atoms with Crippen molar-refractivity contribution in [3.8, 4) is 0 Å². The summed E-state index contributed by atoms with van der Waals surface area (Å²) in [7, 11) is 1.44. The van der Waals surface area contributed by atoms with Crippen LogP contribution in [0.2, 0.25) is 0 Å². The Hall–Kier alpha value is -2.81. The molecule has 0 radical (unpaired) electrons. The molecular weight excluding hydrogens is 868 g/mol. The van der Waals surface area contributed by atoms with Crippen LogP contribution in [0.15, 0.2) is 85.1 Å². The number of phosphoric acid groups is 1. The smallest absolute Gasteiger partial charge is 0.456 e. The van der Waals surface area contributed by atoms with Crippen molar-refractivity contribution in [1.82, 2.24) is 5.32 Å². The fourth-order valence-corrected chi connectivity index (χ4v) is 8.07. The van der Waals surface area contributed by atoms with E-state index in [-0.39, 0.29) is 32.0 Å². The van der Waals surface area contributed by atoms with Gasteiger partial charge in [-0.1, -0.05) is 202 Å². The van der Waals surface area contributed by atoms with E-state index in [4.69, 9.17) is 13.8 Å². The van der Waals surface area contributed by atoms with Gasteiger partial charge < -0.3 is 19.4 Å². The number of rotatable bonds is 48. The lowest BCUT2D eigenvalue weighted by Gasteiger charge is -2.27. The number of nitrogens with one attached hydrogen (secondary N) is 1. The zero-order valence-electron chi connectivity index (χ0n) is 44.6. The second-order valence-electron chi connectivity index (χ2n) is 19.4. The van der Waals surface area contributed by atoms with E-state index in [1.807, 2.05) is 39.4 Å². The van der Waals surface area contributed by atoms with Gasteiger partial charge in [0.25, 0.3) is 0 Å². The van der Waals surface area contributed by atoms with Gasteiger partial charge in [0, 0.05) is 12.8 Å². The number of carbonyl (C=O) groups is 2. The highest BCUT2D eigenvalue weighted by Crippen LogP contribution is 2.43. The molecule has 392 valence electrons. The third kappa shape index (κ3) is 48.2. The van der Waals surface area contributed by atoms with Gasteiger partial charge in [0.1, 0.15) is 19.3 Å². The molecule has 0 aliphatic carbocycles. The first-order valence-electron chi connectivity index (χ1n) is 27.4. The molecule has 0 spiro atoms. The van der Waals surface area contributed by atoms with E-state index < -0.39 is 25.9 Å². The van der Waals surface area contributed by atoms with Crippen LogP contribution in [0.25, 0.3) is 0 Å². The number of amides is 1. The van der Waals surface area contributed by atoms with Crippen LogP contribution in [0.1, 0.15) is 220 Å². The van der Waals surface area contributed by atoms with Gasteiger partial charge in [-0.15, -0.1) is 0 Å². The van der Waals surface area contributed by atoms with E-state index in [1.54, 1.807) is 0 Å². The van der Waals surface area contributed by atoms with Crippen molar-refractivity contribution in [3.63, 3.8) is 0 Å². The van der Waals surface area contributed by atoms with Crippen LogP contribution in [-0.2, 0) is 27.9 Å². The van der Waals surface area contributed by atoms with Gasteiger partial charge in [-0.25, -0.2) is 4.57 Å². The Morgan fingerprint density at radius 3 is 1.44 bits per heavy atom. The first-order valence-corrected chi connectivity index (χ1v) is 28.9. The first-order chi connectivity index (χ1) is 32.9. The molecular formula is C58H104N2O7P+. The molecule has 0 fully saturated rings. The molecule has 10 heteroatoms. The normalized spacial score (nSPS) is 14.5. The van der Waals surface area contributed by atoms with Crippen molar-refractivity contribution >= 4 is 19.7 Å². The highest BCUT2D eigenvalue weighted by molar-refractivity contribution is 7.47. The van der Waals surface area contributed by atoms with Crippen LogP contribution < -0.4 is 5.32 Å². The zero-order valence-corrected chi connectivity index (χ0v) is 45.5. The summed E-state index contributed by atoms with van der Waals surface area (Å²) in [5, 5.41) is 3.01. The van der Waals surface area contributed by atoms with Gasteiger partial charge in [0.05, 0.1) is 33.8 Å². The summed E-state index contributed by atoms with van der Waals surface area (Å²) in [6.45, 7) is 6.81. The number of nitrogens with zero attached hydrogens (tertiary/aromatic N) is 1. The van der Waals surface area contributed by atoms with Crippen LogP contribution in [0.3, 0.4) is 0 Å². The molecule has 0 bridgehead atoms. The number of unbranched alkanes of at least 4 members (excludes halogenated alkanes) is 20. The fraction of sp³-hybridized carbons (Fsp3) is 0.724. The summed E-state index contributed by atoms with van der Waals surface area (Å²) in [6, 6.07) is -0.890. The quantitative estimate of drug-likeness (QED) is 0.0205. The maximum Gasteiger partial charge on any atom is 0.472 e. The molecule has 1 amide bonds. The Morgan fingerprint density at radius 1 is 0.529 bits per heavy atom. The van der Waals surface area contributed by atoms with E-state index in [9.17, 15) is 19.0 Å². The minimum absolute atomic E-state index is 0.0227. The summed E-state index contributed by atoms with van der Waals surface area (Å²) in [4.78, 5) is 37.4. The molecule has 0 aromatic heterocycles. The number of quaternary nitrogens is 1. The molecule has 0 aromatic carbocycles. The molecule has 2 N–H and O–H groups in total. The lowest BCUT2D eigenvalue weighted by atomic mass is 10.0. The molecule has 0 aliphatic rings.